The zero-order chi connectivity index (χ0) is 21.0. The number of hydrogen-bond acceptors (Lipinski definition) is 5. The van der Waals surface area contributed by atoms with E-state index in [1.54, 1.807) is 19.1 Å². The molecule has 0 radical (unpaired) electrons. The third-order valence-corrected chi connectivity index (χ3v) is 4.22. The van der Waals surface area contributed by atoms with Gasteiger partial charge in [0.25, 0.3) is 5.91 Å². The van der Waals surface area contributed by atoms with E-state index in [2.05, 4.69) is 10.4 Å². The Hall–Kier alpha value is -3.68. The molecule has 1 aromatic heterocycles. The highest BCUT2D eigenvalue weighted by Gasteiger charge is 2.25. The topological polar surface area (TPSA) is 99.3 Å². The molecule has 0 fully saturated rings. The SMILES string of the molecule is Cc1c(C(=O)NCC(C)C)nn(-c2ccccc2)c1Oc1ccccc1[N+](=O)[O-]. The second-order valence-corrected chi connectivity index (χ2v) is 6.96. The molecule has 1 N–H and O–H groups in total. The Kier molecular flexibility index (Phi) is 5.92. The lowest BCUT2D eigenvalue weighted by Gasteiger charge is -2.10. The molecule has 8 nitrogen and oxygen atoms in total. The van der Waals surface area contributed by atoms with Crippen molar-refractivity contribution in [3.05, 3.63) is 76.0 Å². The molecule has 0 aliphatic rings. The molecule has 0 saturated carbocycles. The summed E-state index contributed by atoms with van der Waals surface area (Å²) in [6.45, 7) is 6.22. The Balaban J connectivity index is 2.07. The standard InChI is InChI=1S/C21H22N4O4/c1-14(2)13-22-20(26)19-15(3)21(24(23-19)16-9-5-4-6-10-16)29-18-12-8-7-11-17(18)25(27)28/h4-12,14H,13H2,1-3H3,(H,22,26). The predicted molar refractivity (Wildman–Crippen MR) is 109 cm³/mol. The number of rotatable bonds is 7. The number of carbonyl (C=O) groups is 1. The number of hydrogen-bond donors (Lipinski definition) is 1. The van der Waals surface area contributed by atoms with Crippen molar-refractivity contribution < 1.29 is 14.5 Å². The summed E-state index contributed by atoms with van der Waals surface area (Å²) in [4.78, 5) is 23.5. The molecule has 0 spiro atoms. The fourth-order valence-electron chi connectivity index (χ4n) is 2.74. The van der Waals surface area contributed by atoms with Gasteiger partial charge in [-0.15, -0.1) is 0 Å². The zero-order valence-corrected chi connectivity index (χ0v) is 16.5. The number of nitro benzene ring substituents is 1. The van der Waals surface area contributed by atoms with Crippen molar-refractivity contribution in [2.45, 2.75) is 20.8 Å². The molecule has 1 heterocycles. The highest BCUT2D eigenvalue weighted by molar-refractivity contribution is 5.94. The summed E-state index contributed by atoms with van der Waals surface area (Å²) in [5.41, 5.74) is 1.21. The lowest BCUT2D eigenvalue weighted by molar-refractivity contribution is -0.385. The van der Waals surface area contributed by atoms with Crippen molar-refractivity contribution in [1.82, 2.24) is 15.1 Å². The van der Waals surface area contributed by atoms with Crippen LogP contribution in [0.2, 0.25) is 0 Å². The van der Waals surface area contributed by atoms with Crippen LogP contribution >= 0.6 is 0 Å². The van der Waals surface area contributed by atoms with Crippen molar-refractivity contribution in [2.75, 3.05) is 6.54 Å². The average Bonchev–Trinajstić information content (AvgIpc) is 3.03. The molecular weight excluding hydrogens is 372 g/mol. The predicted octanol–water partition coefficient (Wildman–Crippen LogP) is 4.27. The van der Waals surface area contributed by atoms with E-state index >= 15 is 0 Å². The monoisotopic (exact) mass is 394 g/mol. The number of amides is 1. The maximum Gasteiger partial charge on any atom is 0.311 e. The molecule has 8 heteroatoms. The summed E-state index contributed by atoms with van der Waals surface area (Å²) in [6.07, 6.45) is 0. The summed E-state index contributed by atoms with van der Waals surface area (Å²) < 4.78 is 7.40. The number of ether oxygens (including phenoxy) is 1. The minimum Gasteiger partial charge on any atom is -0.431 e. The van der Waals surface area contributed by atoms with Gasteiger partial charge in [0.2, 0.25) is 11.6 Å². The van der Waals surface area contributed by atoms with Gasteiger partial charge in [0.05, 0.1) is 10.6 Å². The fourth-order valence-corrected chi connectivity index (χ4v) is 2.74. The number of nitro groups is 1. The van der Waals surface area contributed by atoms with E-state index in [9.17, 15) is 14.9 Å². The van der Waals surface area contributed by atoms with Gasteiger partial charge in [-0.1, -0.05) is 44.2 Å². The summed E-state index contributed by atoms with van der Waals surface area (Å²) in [5, 5.41) is 18.6. The average molecular weight is 394 g/mol. The maximum atomic E-state index is 12.6. The van der Waals surface area contributed by atoms with Crippen molar-refractivity contribution in [1.29, 1.82) is 0 Å². The Bertz CT molecular complexity index is 1030. The molecule has 0 aliphatic carbocycles. The highest BCUT2D eigenvalue weighted by atomic mass is 16.6. The molecule has 2 aromatic carbocycles. The number of carbonyl (C=O) groups excluding carboxylic acids is 1. The van der Waals surface area contributed by atoms with Crippen molar-refractivity contribution in [3.8, 4) is 17.3 Å². The van der Waals surface area contributed by atoms with Crippen molar-refractivity contribution in [3.63, 3.8) is 0 Å². The van der Waals surface area contributed by atoms with Gasteiger partial charge in [0.1, 0.15) is 0 Å². The van der Waals surface area contributed by atoms with E-state index in [1.165, 1.54) is 16.8 Å². The molecule has 0 unspecified atom stereocenters. The van der Waals surface area contributed by atoms with E-state index in [4.69, 9.17) is 4.74 Å². The molecule has 150 valence electrons. The molecule has 29 heavy (non-hydrogen) atoms. The summed E-state index contributed by atoms with van der Waals surface area (Å²) >= 11 is 0. The first-order chi connectivity index (χ1) is 13.9. The van der Waals surface area contributed by atoms with E-state index < -0.39 is 4.92 Å². The van der Waals surface area contributed by atoms with Gasteiger partial charge in [0, 0.05) is 18.2 Å². The van der Waals surface area contributed by atoms with Crippen LogP contribution in [0.1, 0.15) is 29.9 Å². The number of nitrogens with zero attached hydrogens (tertiary/aromatic N) is 3. The van der Waals surface area contributed by atoms with Crippen molar-refractivity contribution in [2.24, 2.45) is 5.92 Å². The first-order valence-electron chi connectivity index (χ1n) is 9.23. The van der Waals surface area contributed by atoms with Crippen LogP contribution in [0.5, 0.6) is 11.6 Å². The number of nitrogens with one attached hydrogen (secondary N) is 1. The summed E-state index contributed by atoms with van der Waals surface area (Å²) in [6, 6.07) is 15.2. The van der Waals surface area contributed by atoms with Gasteiger partial charge in [-0.2, -0.15) is 9.78 Å². The molecule has 1 amide bonds. The summed E-state index contributed by atoms with van der Waals surface area (Å²) in [7, 11) is 0. The lowest BCUT2D eigenvalue weighted by atomic mass is 10.2. The number of benzene rings is 2. The molecule has 0 aliphatic heterocycles. The van der Waals surface area contributed by atoms with Crippen LogP contribution in [0.3, 0.4) is 0 Å². The van der Waals surface area contributed by atoms with Crippen LogP contribution in [-0.2, 0) is 0 Å². The molecule has 0 atom stereocenters. The smallest absolute Gasteiger partial charge is 0.311 e. The van der Waals surface area contributed by atoms with Gasteiger partial charge in [-0.05, 0) is 31.0 Å². The van der Waals surface area contributed by atoms with Gasteiger partial charge in [-0.3, -0.25) is 14.9 Å². The zero-order valence-electron chi connectivity index (χ0n) is 16.5. The third-order valence-electron chi connectivity index (χ3n) is 4.22. The molecule has 3 rings (SSSR count). The van der Waals surface area contributed by atoms with Gasteiger partial charge in [0.15, 0.2) is 5.69 Å². The van der Waals surface area contributed by atoms with Crippen LogP contribution in [0.4, 0.5) is 5.69 Å². The molecule has 3 aromatic rings. The normalized spacial score (nSPS) is 10.8. The number of aromatic nitrogens is 2. The van der Waals surface area contributed by atoms with Crippen molar-refractivity contribution >= 4 is 11.6 Å². The Morgan fingerprint density at radius 3 is 2.48 bits per heavy atom. The first-order valence-corrected chi connectivity index (χ1v) is 9.23. The Labute approximate surface area is 168 Å². The van der Waals surface area contributed by atoms with E-state index in [1.807, 2.05) is 44.2 Å². The molecular formula is C21H22N4O4. The quantitative estimate of drug-likeness (QED) is 0.477. The van der Waals surface area contributed by atoms with Crippen LogP contribution < -0.4 is 10.1 Å². The molecule has 0 bridgehead atoms. The molecule has 0 saturated heterocycles. The summed E-state index contributed by atoms with van der Waals surface area (Å²) in [5.74, 6) is 0.295. The second-order valence-electron chi connectivity index (χ2n) is 6.96. The van der Waals surface area contributed by atoms with Crippen LogP contribution in [0, 0.1) is 23.0 Å². The minimum absolute atomic E-state index is 0.0758. The Morgan fingerprint density at radius 1 is 1.17 bits per heavy atom. The van der Waals surface area contributed by atoms with E-state index in [-0.39, 0.29) is 34.8 Å². The van der Waals surface area contributed by atoms with E-state index in [0.29, 0.717) is 17.8 Å². The maximum absolute atomic E-state index is 12.6. The Morgan fingerprint density at radius 2 is 1.83 bits per heavy atom. The number of para-hydroxylation sites is 3. The minimum atomic E-state index is -0.510. The second kappa shape index (κ2) is 8.55. The van der Waals surface area contributed by atoms with Crippen LogP contribution in [0.15, 0.2) is 54.6 Å². The van der Waals surface area contributed by atoms with E-state index in [0.717, 1.165) is 0 Å². The van der Waals surface area contributed by atoms with Crippen LogP contribution in [-0.4, -0.2) is 27.2 Å². The van der Waals surface area contributed by atoms with Gasteiger partial charge < -0.3 is 10.1 Å². The highest BCUT2D eigenvalue weighted by Crippen LogP contribution is 2.34. The third kappa shape index (κ3) is 4.43. The largest absolute Gasteiger partial charge is 0.431 e. The fraction of sp³-hybridized carbons (Fsp3) is 0.238. The van der Waals surface area contributed by atoms with Gasteiger partial charge in [-0.25, -0.2) is 0 Å². The van der Waals surface area contributed by atoms with Gasteiger partial charge >= 0.3 is 5.69 Å². The van der Waals surface area contributed by atoms with Crippen LogP contribution in [0.25, 0.3) is 5.69 Å². The first kappa shape index (κ1) is 20.1. The lowest BCUT2D eigenvalue weighted by Crippen LogP contribution is -2.28.